The molecule has 90 valence electrons. The Labute approximate surface area is 104 Å². The molecule has 0 aliphatic carbocycles. The predicted molar refractivity (Wildman–Crippen MR) is 66.1 cm³/mol. The first-order valence-electron chi connectivity index (χ1n) is 5.46. The van der Waals surface area contributed by atoms with Gasteiger partial charge in [-0.25, -0.2) is 4.98 Å². The van der Waals surface area contributed by atoms with Crippen molar-refractivity contribution in [3.05, 3.63) is 40.2 Å². The van der Waals surface area contributed by atoms with E-state index in [-0.39, 0.29) is 11.9 Å². The lowest BCUT2D eigenvalue weighted by Crippen LogP contribution is -2.28. The average Bonchev–Trinajstić information content (AvgIpc) is 2.96. The van der Waals surface area contributed by atoms with Crippen LogP contribution in [0.15, 0.2) is 28.3 Å². The van der Waals surface area contributed by atoms with Gasteiger partial charge in [0.25, 0.3) is 5.91 Å². The van der Waals surface area contributed by atoms with E-state index >= 15 is 0 Å². The highest BCUT2D eigenvalue weighted by molar-refractivity contribution is 7.09. The van der Waals surface area contributed by atoms with E-state index in [2.05, 4.69) is 10.3 Å². The highest BCUT2D eigenvalue weighted by Gasteiger charge is 2.18. The summed E-state index contributed by atoms with van der Waals surface area (Å²) < 4.78 is 5.12. The number of aryl methyl sites for hydroxylation is 1. The molecule has 0 aliphatic heterocycles. The first-order valence-corrected chi connectivity index (χ1v) is 6.34. The fourth-order valence-electron chi connectivity index (χ4n) is 1.60. The second kappa shape index (κ2) is 5.14. The molecule has 17 heavy (non-hydrogen) atoms. The number of amides is 1. The Morgan fingerprint density at radius 2 is 2.47 bits per heavy atom. The van der Waals surface area contributed by atoms with Crippen molar-refractivity contribution in [1.29, 1.82) is 0 Å². The number of nitrogens with zero attached hydrogens (tertiary/aromatic N) is 1. The quantitative estimate of drug-likeness (QED) is 0.907. The minimum atomic E-state index is -0.113. The minimum absolute atomic E-state index is 0.0307. The second-order valence-electron chi connectivity index (χ2n) is 3.70. The molecular formula is C12H14N2O2S. The van der Waals surface area contributed by atoms with Crippen molar-refractivity contribution in [3.8, 4) is 0 Å². The van der Waals surface area contributed by atoms with Gasteiger partial charge in [-0.15, -0.1) is 11.3 Å². The zero-order valence-corrected chi connectivity index (χ0v) is 10.6. The number of aromatic nitrogens is 1. The first kappa shape index (κ1) is 11.9. The topological polar surface area (TPSA) is 55.1 Å². The van der Waals surface area contributed by atoms with Crippen molar-refractivity contribution < 1.29 is 9.21 Å². The smallest absolute Gasteiger partial charge is 0.255 e. The Morgan fingerprint density at radius 1 is 1.65 bits per heavy atom. The van der Waals surface area contributed by atoms with Crippen LogP contribution in [0, 0.1) is 6.92 Å². The van der Waals surface area contributed by atoms with Crippen LogP contribution in [-0.4, -0.2) is 10.9 Å². The van der Waals surface area contributed by atoms with Gasteiger partial charge < -0.3 is 9.73 Å². The number of nitrogens with one attached hydrogen (secondary N) is 1. The average molecular weight is 250 g/mol. The van der Waals surface area contributed by atoms with Gasteiger partial charge in [0.05, 0.1) is 17.9 Å². The van der Waals surface area contributed by atoms with Crippen molar-refractivity contribution in [1.82, 2.24) is 10.3 Å². The third kappa shape index (κ3) is 2.55. The fraction of sp³-hybridized carbons (Fsp3) is 0.333. The van der Waals surface area contributed by atoms with Gasteiger partial charge in [0.15, 0.2) is 0 Å². The second-order valence-corrected chi connectivity index (χ2v) is 4.62. The molecular weight excluding hydrogens is 236 g/mol. The van der Waals surface area contributed by atoms with Crippen molar-refractivity contribution in [2.45, 2.75) is 26.3 Å². The Morgan fingerprint density at radius 3 is 3.00 bits per heavy atom. The molecule has 0 fully saturated rings. The van der Waals surface area contributed by atoms with Crippen LogP contribution in [-0.2, 0) is 0 Å². The number of furan rings is 1. The summed E-state index contributed by atoms with van der Waals surface area (Å²) in [5.74, 6) is 0.523. The molecule has 0 saturated carbocycles. The Hall–Kier alpha value is -1.62. The van der Waals surface area contributed by atoms with E-state index in [9.17, 15) is 4.79 Å². The Balaban J connectivity index is 2.10. The molecule has 0 spiro atoms. The monoisotopic (exact) mass is 250 g/mol. The van der Waals surface area contributed by atoms with Crippen LogP contribution in [0.25, 0.3) is 0 Å². The summed E-state index contributed by atoms with van der Waals surface area (Å²) in [6.45, 7) is 3.80. The minimum Gasteiger partial charge on any atom is -0.469 e. The molecule has 0 aromatic carbocycles. The lowest BCUT2D eigenvalue weighted by atomic mass is 10.2. The van der Waals surface area contributed by atoms with Gasteiger partial charge in [0.1, 0.15) is 10.8 Å². The van der Waals surface area contributed by atoms with Gasteiger partial charge in [-0.05, 0) is 19.4 Å². The molecule has 2 heterocycles. The van der Waals surface area contributed by atoms with Crippen LogP contribution in [0.5, 0.6) is 0 Å². The number of hydrogen-bond acceptors (Lipinski definition) is 4. The maximum absolute atomic E-state index is 12.0. The van der Waals surface area contributed by atoms with Crippen LogP contribution < -0.4 is 5.32 Å². The summed E-state index contributed by atoms with van der Waals surface area (Å²) in [6, 6.07) is 1.65. The zero-order chi connectivity index (χ0) is 12.3. The van der Waals surface area contributed by atoms with E-state index in [0.29, 0.717) is 11.3 Å². The summed E-state index contributed by atoms with van der Waals surface area (Å²) >= 11 is 1.55. The van der Waals surface area contributed by atoms with E-state index in [4.69, 9.17) is 4.42 Å². The zero-order valence-electron chi connectivity index (χ0n) is 9.77. The van der Waals surface area contributed by atoms with Gasteiger partial charge >= 0.3 is 0 Å². The molecule has 0 bridgehead atoms. The van der Waals surface area contributed by atoms with E-state index in [1.165, 1.54) is 6.26 Å². The van der Waals surface area contributed by atoms with Gasteiger partial charge in [0, 0.05) is 11.6 Å². The van der Waals surface area contributed by atoms with Gasteiger partial charge in [-0.2, -0.15) is 0 Å². The largest absolute Gasteiger partial charge is 0.469 e. The molecule has 2 aromatic rings. The van der Waals surface area contributed by atoms with Crippen molar-refractivity contribution in [2.24, 2.45) is 0 Å². The highest BCUT2D eigenvalue weighted by atomic mass is 32.1. The molecule has 4 nitrogen and oxygen atoms in total. The normalized spacial score (nSPS) is 12.4. The number of carbonyl (C=O) groups excluding carboxylic acids is 1. The molecule has 0 radical (unpaired) electrons. The summed E-state index contributed by atoms with van der Waals surface area (Å²) in [6.07, 6.45) is 4.09. The van der Waals surface area contributed by atoms with E-state index in [1.807, 2.05) is 12.3 Å². The Kier molecular flexibility index (Phi) is 3.58. The molecule has 1 unspecified atom stereocenters. The van der Waals surface area contributed by atoms with E-state index < -0.39 is 0 Å². The number of rotatable bonds is 4. The summed E-state index contributed by atoms with van der Waals surface area (Å²) in [4.78, 5) is 16.2. The van der Waals surface area contributed by atoms with Crippen molar-refractivity contribution >= 4 is 17.2 Å². The maximum Gasteiger partial charge on any atom is 0.255 e. The molecule has 2 aromatic heterocycles. The molecule has 2 rings (SSSR count). The molecule has 0 saturated heterocycles. The Bertz CT molecular complexity index is 490. The third-order valence-corrected chi connectivity index (χ3v) is 3.46. The van der Waals surface area contributed by atoms with Crippen molar-refractivity contribution in [3.63, 3.8) is 0 Å². The lowest BCUT2D eigenvalue weighted by molar-refractivity contribution is 0.0934. The van der Waals surface area contributed by atoms with Gasteiger partial charge in [-0.1, -0.05) is 6.92 Å². The van der Waals surface area contributed by atoms with Gasteiger partial charge in [-0.3, -0.25) is 4.79 Å². The molecule has 0 aliphatic rings. The summed E-state index contributed by atoms with van der Waals surface area (Å²) in [7, 11) is 0. The summed E-state index contributed by atoms with van der Waals surface area (Å²) in [5.41, 5.74) is 0.583. The lowest BCUT2D eigenvalue weighted by Gasteiger charge is -2.13. The van der Waals surface area contributed by atoms with Crippen molar-refractivity contribution in [2.75, 3.05) is 0 Å². The SMILES string of the molecule is CCC(NC(=O)c1ccoc1C)c1nccs1. The summed E-state index contributed by atoms with van der Waals surface area (Å²) in [5, 5.41) is 5.80. The van der Waals surface area contributed by atoms with Crippen LogP contribution in [0.4, 0.5) is 0 Å². The molecule has 1 amide bonds. The number of hydrogen-bond donors (Lipinski definition) is 1. The van der Waals surface area contributed by atoms with Crippen LogP contribution in [0.1, 0.15) is 40.5 Å². The first-order chi connectivity index (χ1) is 8.22. The fourth-order valence-corrected chi connectivity index (χ4v) is 2.37. The van der Waals surface area contributed by atoms with E-state index in [0.717, 1.165) is 11.4 Å². The van der Waals surface area contributed by atoms with Crippen LogP contribution >= 0.6 is 11.3 Å². The van der Waals surface area contributed by atoms with Gasteiger partial charge in [0.2, 0.25) is 0 Å². The van der Waals surface area contributed by atoms with Crippen LogP contribution in [0.3, 0.4) is 0 Å². The molecule has 1 N–H and O–H groups in total. The molecule has 5 heteroatoms. The third-order valence-electron chi connectivity index (χ3n) is 2.57. The number of thiazole rings is 1. The number of carbonyl (C=O) groups is 1. The van der Waals surface area contributed by atoms with Crippen LogP contribution in [0.2, 0.25) is 0 Å². The standard InChI is InChI=1S/C12H14N2O2S/c1-3-10(12-13-5-7-17-12)14-11(15)9-4-6-16-8(9)2/h4-7,10H,3H2,1-2H3,(H,14,15). The van der Waals surface area contributed by atoms with E-state index in [1.54, 1.807) is 30.5 Å². The predicted octanol–water partition coefficient (Wildman–Crippen LogP) is 2.93. The maximum atomic E-state index is 12.0. The molecule has 1 atom stereocenters. The highest BCUT2D eigenvalue weighted by Crippen LogP contribution is 2.20.